The number of imide groups is 1. The molecule has 0 saturated carbocycles. The summed E-state index contributed by atoms with van der Waals surface area (Å²) < 4.78 is 4.48. The lowest BCUT2D eigenvalue weighted by molar-refractivity contribution is -0.143. The second-order valence-corrected chi connectivity index (χ2v) is 3.20. The molecular formula is C9H17N3O4. The van der Waals surface area contributed by atoms with E-state index in [1.54, 1.807) is 6.92 Å². The molecule has 0 spiro atoms. The molecule has 0 aromatic heterocycles. The van der Waals surface area contributed by atoms with Crippen molar-refractivity contribution in [1.82, 2.24) is 16.0 Å². The SMILES string of the molecule is CNC(=O)NC(=O)C(C)NC(C)C(=O)OC. The van der Waals surface area contributed by atoms with Gasteiger partial charge < -0.3 is 10.1 Å². The molecule has 92 valence electrons. The Balaban J connectivity index is 4.14. The molecule has 0 radical (unpaired) electrons. The molecule has 0 aromatic rings. The van der Waals surface area contributed by atoms with Gasteiger partial charge in [-0.2, -0.15) is 0 Å². The molecule has 2 atom stereocenters. The van der Waals surface area contributed by atoms with E-state index < -0.39 is 30.0 Å². The maximum atomic E-state index is 11.4. The van der Waals surface area contributed by atoms with Crippen LogP contribution in [0.1, 0.15) is 13.8 Å². The van der Waals surface area contributed by atoms with Crippen LogP contribution in [-0.2, 0) is 14.3 Å². The molecule has 0 heterocycles. The van der Waals surface area contributed by atoms with Gasteiger partial charge in [-0.3, -0.25) is 20.2 Å². The lowest BCUT2D eigenvalue weighted by Gasteiger charge is -2.17. The standard InChI is InChI=1S/C9H17N3O4/c1-5(7(13)12-9(15)10-3)11-6(2)8(14)16-4/h5-6,11H,1-4H3,(H2,10,12,13,15). The molecule has 0 fully saturated rings. The van der Waals surface area contributed by atoms with Crippen LogP contribution in [0.2, 0.25) is 0 Å². The number of methoxy groups -OCH3 is 1. The van der Waals surface area contributed by atoms with Crippen molar-refractivity contribution in [1.29, 1.82) is 0 Å². The van der Waals surface area contributed by atoms with E-state index in [2.05, 4.69) is 20.7 Å². The second kappa shape index (κ2) is 6.78. The minimum atomic E-state index is -0.675. The van der Waals surface area contributed by atoms with Gasteiger partial charge in [-0.1, -0.05) is 0 Å². The van der Waals surface area contributed by atoms with E-state index in [0.717, 1.165) is 0 Å². The number of urea groups is 1. The van der Waals surface area contributed by atoms with Gasteiger partial charge in [0.15, 0.2) is 0 Å². The summed E-state index contributed by atoms with van der Waals surface area (Å²) in [5.41, 5.74) is 0. The quantitative estimate of drug-likeness (QED) is 0.538. The first kappa shape index (κ1) is 14.4. The third-order valence-corrected chi connectivity index (χ3v) is 1.91. The van der Waals surface area contributed by atoms with E-state index in [1.165, 1.54) is 21.1 Å². The van der Waals surface area contributed by atoms with E-state index in [0.29, 0.717) is 0 Å². The number of rotatable bonds is 4. The fraction of sp³-hybridized carbons (Fsp3) is 0.667. The molecule has 7 nitrogen and oxygen atoms in total. The summed E-state index contributed by atoms with van der Waals surface area (Å²) in [6, 6.07) is -1.88. The van der Waals surface area contributed by atoms with Crippen LogP contribution in [0.4, 0.5) is 4.79 Å². The molecule has 0 aromatic carbocycles. The predicted molar refractivity (Wildman–Crippen MR) is 56.7 cm³/mol. The Morgan fingerprint density at radius 1 is 1.12 bits per heavy atom. The van der Waals surface area contributed by atoms with Gasteiger partial charge in [-0.25, -0.2) is 4.79 Å². The van der Waals surface area contributed by atoms with E-state index in [-0.39, 0.29) is 0 Å². The minimum Gasteiger partial charge on any atom is -0.468 e. The number of esters is 1. The summed E-state index contributed by atoms with van der Waals surface area (Å²) in [7, 11) is 2.66. The van der Waals surface area contributed by atoms with Gasteiger partial charge in [0.1, 0.15) is 6.04 Å². The Bertz CT molecular complexity index is 280. The fourth-order valence-corrected chi connectivity index (χ4v) is 0.978. The summed E-state index contributed by atoms with van der Waals surface area (Å²) in [6.45, 7) is 3.10. The van der Waals surface area contributed by atoms with Crippen LogP contribution in [0.3, 0.4) is 0 Å². The van der Waals surface area contributed by atoms with Crippen molar-refractivity contribution in [2.24, 2.45) is 0 Å². The summed E-state index contributed by atoms with van der Waals surface area (Å²) in [4.78, 5) is 33.3. The monoisotopic (exact) mass is 231 g/mol. The highest BCUT2D eigenvalue weighted by Crippen LogP contribution is 1.90. The zero-order valence-corrected chi connectivity index (χ0v) is 9.79. The molecule has 0 saturated heterocycles. The molecule has 0 aliphatic heterocycles. The molecule has 0 bridgehead atoms. The molecule has 16 heavy (non-hydrogen) atoms. The van der Waals surface area contributed by atoms with Crippen molar-refractivity contribution < 1.29 is 19.1 Å². The normalized spacial score (nSPS) is 13.5. The van der Waals surface area contributed by atoms with E-state index >= 15 is 0 Å². The molecule has 0 aliphatic rings. The van der Waals surface area contributed by atoms with Gasteiger partial charge in [0.25, 0.3) is 0 Å². The van der Waals surface area contributed by atoms with Crippen LogP contribution in [0.15, 0.2) is 0 Å². The fourth-order valence-electron chi connectivity index (χ4n) is 0.978. The van der Waals surface area contributed by atoms with Crippen LogP contribution in [0, 0.1) is 0 Å². The maximum absolute atomic E-state index is 11.4. The van der Waals surface area contributed by atoms with Gasteiger partial charge >= 0.3 is 12.0 Å². The first-order valence-electron chi connectivity index (χ1n) is 4.78. The zero-order valence-electron chi connectivity index (χ0n) is 9.79. The Morgan fingerprint density at radius 3 is 2.12 bits per heavy atom. The Morgan fingerprint density at radius 2 is 1.69 bits per heavy atom. The molecule has 2 unspecified atom stereocenters. The van der Waals surface area contributed by atoms with Gasteiger partial charge in [0, 0.05) is 7.05 Å². The number of carbonyl (C=O) groups is 3. The van der Waals surface area contributed by atoms with Gasteiger partial charge in [-0.05, 0) is 13.8 Å². The minimum absolute atomic E-state index is 0.473. The van der Waals surface area contributed by atoms with Crippen molar-refractivity contribution in [3.8, 4) is 0 Å². The highest BCUT2D eigenvalue weighted by molar-refractivity contribution is 5.96. The number of amides is 3. The number of hydrogen-bond donors (Lipinski definition) is 3. The Kier molecular flexibility index (Phi) is 6.09. The maximum Gasteiger partial charge on any atom is 0.322 e. The number of nitrogens with one attached hydrogen (secondary N) is 3. The zero-order chi connectivity index (χ0) is 12.7. The van der Waals surface area contributed by atoms with Gasteiger partial charge in [0.2, 0.25) is 5.91 Å². The first-order valence-corrected chi connectivity index (χ1v) is 4.78. The molecule has 0 aliphatic carbocycles. The van der Waals surface area contributed by atoms with Crippen molar-refractivity contribution >= 4 is 17.9 Å². The van der Waals surface area contributed by atoms with E-state index in [1.807, 2.05) is 0 Å². The topological polar surface area (TPSA) is 96.5 Å². The van der Waals surface area contributed by atoms with Crippen molar-refractivity contribution in [3.63, 3.8) is 0 Å². The highest BCUT2D eigenvalue weighted by atomic mass is 16.5. The van der Waals surface area contributed by atoms with Crippen LogP contribution >= 0.6 is 0 Å². The average Bonchev–Trinajstić information content (AvgIpc) is 2.27. The second-order valence-electron chi connectivity index (χ2n) is 3.20. The Hall–Kier alpha value is -1.63. The third-order valence-electron chi connectivity index (χ3n) is 1.91. The lowest BCUT2D eigenvalue weighted by Crippen LogP contribution is -2.51. The van der Waals surface area contributed by atoms with Crippen molar-refractivity contribution in [2.75, 3.05) is 14.2 Å². The third kappa shape index (κ3) is 4.74. The molecule has 3 amide bonds. The smallest absolute Gasteiger partial charge is 0.322 e. The van der Waals surface area contributed by atoms with E-state index in [9.17, 15) is 14.4 Å². The summed E-state index contributed by atoms with van der Waals surface area (Å²) in [5.74, 6) is -0.991. The van der Waals surface area contributed by atoms with Crippen molar-refractivity contribution in [3.05, 3.63) is 0 Å². The largest absolute Gasteiger partial charge is 0.468 e. The van der Waals surface area contributed by atoms with Crippen molar-refractivity contribution in [2.45, 2.75) is 25.9 Å². The van der Waals surface area contributed by atoms with Gasteiger partial charge in [-0.15, -0.1) is 0 Å². The first-order chi connectivity index (χ1) is 7.42. The summed E-state index contributed by atoms with van der Waals surface area (Å²) in [5, 5.41) is 7.03. The highest BCUT2D eigenvalue weighted by Gasteiger charge is 2.20. The van der Waals surface area contributed by atoms with Crippen LogP contribution in [-0.4, -0.2) is 44.1 Å². The molecule has 3 N–H and O–H groups in total. The predicted octanol–water partition coefficient (Wildman–Crippen LogP) is -1.02. The Labute approximate surface area is 93.9 Å². The van der Waals surface area contributed by atoms with Gasteiger partial charge in [0.05, 0.1) is 13.2 Å². The average molecular weight is 231 g/mol. The molecule has 7 heteroatoms. The number of ether oxygens (including phenoxy) is 1. The molecular weight excluding hydrogens is 214 g/mol. The summed E-state index contributed by atoms with van der Waals surface area (Å²) >= 11 is 0. The van der Waals surface area contributed by atoms with Crippen LogP contribution in [0.25, 0.3) is 0 Å². The van der Waals surface area contributed by atoms with Crippen LogP contribution < -0.4 is 16.0 Å². The summed E-state index contributed by atoms with van der Waals surface area (Å²) in [6.07, 6.45) is 0. The number of carbonyl (C=O) groups excluding carboxylic acids is 3. The lowest BCUT2D eigenvalue weighted by atomic mass is 10.2. The molecule has 0 rings (SSSR count). The van der Waals surface area contributed by atoms with Crippen LogP contribution in [0.5, 0.6) is 0 Å². The van der Waals surface area contributed by atoms with E-state index in [4.69, 9.17) is 0 Å². The number of hydrogen-bond acceptors (Lipinski definition) is 5.